The molecule has 1 N–H and O–H groups in total. The lowest BCUT2D eigenvalue weighted by Crippen LogP contribution is -2.36. The van der Waals surface area contributed by atoms with Crippen LogP contribution in [-0.2, 0) is 4.74 Å². The summed E-state index contributed by atoms with van der Waals surface area (Å²) in [4.78, 5) is 10.8. The molecule has 86 valence electrons. The van der Waals surface area contributed by atoms with Gasteiger partial charge >= 0.3 is 12.3 Å². The SMILES string of the molecule is CCC(CC#N)NC(=O)OCC(F)(F)F. The van der Waals surface area contributed by atoms with Gasteiger partial charge in [0.05, 0.1) is 12.5 Å². The van der Waals surface area contributed by atoms with Crippen molar-refractivity contribution in [1.29, 1.82) is 5.26 Å². The molecule has 0 aliphatic rings. The fourth-order valence-electron chi connectivity index (χ4n) is 0.763. The Morgan fingerprint density at radius 3 is 2.60 bits per heavy atom. The fraction of sp³-hybridized carbons (Fsp3) is 0.750. The first kappa shape index (κ1) is 13.5. The maximum Gasteiger partial charge on any atom is 0.422 e. The lowest BCUT2D eigenvalue weighted by Gasteiger charge is -2.14. The summed E-state index contributed by atoms with van der Waals surface area (Å²) in [6.07, 6.45) is -5.20. The number of hydrogen-bond acceptors (Lipinski definition) is 3. The average molecular weight is 224 g/mol. The Hall–Kier alpha value is -1.45. The van der Waals surface area contributed by atoms with Gasteiger partial charge in [0.25, 0.3) is 0 Å². The van der Waals surface area contributed by atoms with E-state index in [2.05, 4.69) is 10.1 Å². The van der Waals surface area contributed by atoms with Gasteiger partial charge in [-0.2, -0.15) is 18.4 Å². The van der Waals surface area contributed by atoms with Gasteiger partial charge in [0.1, 0.15) is 0 Å². The molecule has 0 saturated heterocycles. The number of nitrogens with zero attached hydrogens (tertiary/aromatic N) is 1. The van der Waals surface area contributed by atoms with Gasteiger partial charge in [-0.05, 0) is 6.42 Å². The van der Waals surface area contributed by atoms with Crippen molar-refractivity contribution < 1.29 is 22.7 Å². The van der Waals surface area contributed by atoms with Gasteiger partial charge in [-0.1, -0.05) is 6.92 Å². The number of hydrogen-bond donors (Lipinski definition) is 1. The van der Waals surface area contributed by atoms with Crippen molar-refractivity contribution in [3.63, 3.8) is 0 Å². The number of nitrogens with one attached hydrogen (secondary N) is 1. The van der Waals surface area contributed by atoms with Gasteiger partial charge in [-0.25, -0.2) is 4.79 Å². The average Bonchev–Trinajstić information content (AvgIpc) is 2.13. The molecule has 0 bridgehead atoms. The first-order valence-electron chi connectivity index (χ1n) is 4.26. The molecule has 0 rings (SSSR count). The number of carbonyl (C=O) groups excluding carboxylic acids is 1. The molecule has 0 aliphatic heterocycles. The second kappa shape index (κ2) is 6.11. The van der Waals surface area contributed by atoms with Crippen LogP contribution in [0.4, 0.5) is 18.0 Å². The molecule has 0 aromatic carbocycles. The predicted octanol–water partition coefficient (Wildman–Crippen LogP) is 1.97. The summed E-state index contributed by atoms with van der Waals surface area (Å²) in [6, 6.07) is 1.33. The number of alkyl halides is 3. The van der Waals surface area contributed by atoms with Crippen LogP contribution in [0, 0.1) is 11.3 Å². The lowest BCUT2D eigenvalue weighted by molar-refractivity contribution is -0.160. The van der Waals surface area contributed by atoms with E-state index in [9.17, 15) is 18.0 Å². The van der Waals surface area contributed by atoms with Crippen molar-refractivity contribution in [2.45, 2.75) is 32.0 Å². The number of nitriles is 1. The Labute approximate surface area is 85.0 Å². The number of alkyl carbamates (subject to hydrolysis) is 1. The van der Waals surface area contributed by atoms with E-state index in [0.717, 1.165) is 0 Å². The summed E-state index contributed by atoms with van der Waals surface area (Å²) in [7, 11) is 0. The van der Waals surface area contributed by atoms with Crippen LogP contribution < -0.4 is 5.32 Å². The summed E-state index contributed by atoms with van der Waals surface area (Å²) in [5.74, 6) is 0. The van der Waals surface area contributed by atoms with Crippen molar-refractivity contribution in [3.8, 4) is 6.07 Å². The van der Waals surface area contributed by atoms with E-state index in [4.69, 9.17) is 5.26 Å². The van der Waals surface area contributed by atoms with E-state index >= 15 is 0 Å². The molecule has 7 heteroatoms. The normalized spacial score (nSPS) is 12.7. The zero-order valence-electron chi connectivity index (χ0n) is 8.10. The lowest BCUT2D eigenvalue weighted by atomic mass is 10.2. The molecule has 1 unspecified atom stereocenters. The van der Waals surface area contributed by atoms with Crippen LogP contribution in [0.3, 0.4) is 0 Å². The molecule has 15 heavy (non-hydrogen) atoms. The minimum atomic E-state index is -4.53. The van der Waals surface area contributed by atoms with E-state index in [0.29, 0.717) is 6.42 Å². The second-order valence-corrected chi connectivity index (χ2v) is 2.80. The Morgan fingerprint density at radius 1 is 1.60 bits per heavy atom. The smallest absolute Gasteiger partial charge is 0.422 e. The van der Waals surface area contributed by atoms with Gasteiger partial charge in [0.15, 0.2) is 6.61 Å². The summed E-state index contributed by atoms with van der Waals surface area (Å²) in [6.45, 7) is 0.0772. The molecule has 1 amide bonds. The fourth-order valence-corrected chi connectivity index (χ4v) is 0.763. The van der Waals surface area contributed by atoms with Crippen LogP contribution in [0.15, 0.2) is 0 Å². The Bertz CT molecular complexity index is 247. The van der Waals surface area contributed by atoms with Gasteiger partial charge in [-0.15, -0.1) is 0 Å². The summed E-state index contributed by atoms with van der Waals surface area (Å²) >= 11 is 0. The van der Waals surface area contributed by atoms with E-state index in [1.54, 1.807) is 13.0 Å². The highest BCUT2D eigenvalue weighted by atomic mass is 19.4. The van der Waals surface area contributed by atoms with Crippen molar-refractivity contribution >= 4 is 6.09 Å². The molecule has 0 saturated carbocycles. The molecule has 0 aliphatic carbocycles. The highest BCUT2D eigenvalue weighted by molar-refractivity contribution is 5.67. The van der Waals surface area contributed by atoms with Gasteiger partial charge in [0, 0.05) is 6.04 Å². The number of amides is 1. The standard InChI is InChI=1S/C8H11F3N2O2/c1-2-6(3-4-12)13-7(14)15-5-8(9,10)11/h6H,2-3,5H2,1H3,(H,13,14). The third-order valence-electron chi connectivity index (χ3n) is 1.52. The van der Waals surface area contributed by atoms with E-state index < -0.39 is 24.9 Å². The molecular weight excluding hydrogens is 213 g/mol. The van der Waals surface area contributed by atoms with Crippen molar-refractivity contribution in [1.82, 2.24) is 5.32 Å². The van der Waals surface area contributed by atoms with Crippen LogP contribution in [0.1, 0.15) is 19.8 Å². The molecule has 0 heterocycles. The second-order valence-electron chi connectivity index (χ2n) is 2.80. The Morgan fingerprint density at radius 2 is 2.20 bits per heavy atom. The molecule has 1 atom stereocenters. The molecule has 0 aromatic heterocycles. The summed E-state index contributed by atoms with van der Waals surface area (Å²) < 4.78 is 38.8. The van der Waals surface area contributed by atoms with Gasteiger partial charge in [0.2, 0.25) is 0 Å². The molecule has 0 spiro atoms. The summed E-state index contributed by atoms with van der Waals surface area (Å²) in [5, 5.41) is 10.5. The highest BCUT2D eigenvalue weighted by Gasteiger charge is 2.29. The number of ether oxygens (including phenoxy) is 1. The molecular formula is C8H11F3N2O2. The predicted molar refractivity (Wildman–Crippen MR) is 44.8 cm³/mol. The quantitative estimate of drug-likeness (QED) is 0.794. The molecule has 4 nitrogen and oxygen atoms in total. The van der Waals surface area contributed by atoms with Crippen molar-refractivity contribution in [2.24, 2.45) is 0 Å². The zero-order valence-corrected chi connectivity index (χ0v) is 8.10. The number of carbonyl (C=O) groups is 1. The Kier molecular flexibility index (Phi) is 5.52. The van der Waals surface area contributed by atoms with E-state index in [-0.39, 0.29) is 6.42 Å². The van der Waals surface area contributed by atoms with Gasteiger partial charge < -0.3 is 10.1 Å². The first-order chi connectivity index (χ1) is 6.89. The van der Waals surface area contributed by atoms with E-state index in [1.807, 2.05) is 0 Å². The van der Waals surface area contributed by atoms with Crippen LogP contribution >= 0.6 is 0 Å². The Balaban J connectivity index is 3.87. The third kappa shape index (κ3) is 7.61. The van der Waals surface area contributed by atoms with Crippen LogP contribution in [0.25, 0.3) is 0 Å². The monoisotopic (exact) mass is 224 g/mol. The van der Waals surface area contributed by atoms with Crippen molar-refractivity contribution in [3.05, 3.63) is 0 Å². The third-order valence-corrected chi connectivity index (χ3v) is 1.52. The first-order valence-corrected chi connectivity index (χ1v) is 4.26. The maximum absolute atomic E-state index is 11.6. The summed E-state index contributed by atoms with van der Waals surface area (Å²) in [5.41, 5.74) is 0. The minimum Gasteiger partial charge on any atom is -0.440 e. The minimum absolute atomic E-state index is 0.0393. The van der Waals surface area contributed by atoms with Crippen LogP contribution in [0.5, 0.6) is 0 Å². The van der Waals surface area contributed by atoms with Crippen molar-refractivity contribution in [2.75, 3.05) is 6.61 Å². The zero-order chi connectivity index (χ0) is 11.9. The topological polar surface area (TPSA) is 62.1 Å². The van der Waals surface area contributed by atoms with Gasteiger partial charge in [-0.3, -0.25) is 0 Å². The highest BCUT2D eigenvalue weighted by Crippen LogP contribution is 2.14. The van der Waals surface area contributed by atoms with E-state index in [1.165, 1.54) is 0 Å². The largest absolute Gasteiger partial charge is 0.440 e. The molecule has 0 aromatic rings. The molecule has 0 fully saturated rings. The maximum atomic E-state index is 11.6. The number of rotatable bonds is 4. The van der Waals surface area contributed by atoms with Crippen LogP contribution in [-0.4, -0.2) is 24.9 Å². The van der Waals surface area contributed by atoms with Crippen LogP contribution in [0.2, 0.25) is 0 Å². The number of halogens is 3. The molecule has 0 radical (unpaired) electrons.